The number of hydrogen-bond donors (Lipinski definition) is 0. The van der Waals surface area contributed by atoms with Crippen LogP contribution in [0.2, 0.25) is 0 Å². The summed E-state index contributed by atoms with van der Waals surface area (Å²) in [4.78, 5) is 0. The van der Waals surface area contributed by atoms with E-state index in [2.05, 4.69) is 99.7 Å². The Kier molecular flexibility index (Phi) is 33.1. The van der Waals surface area contributed by atoms with E-state index in [1.807, 2.05) is 0 Å². The topological polar surface area (TPSA) is 25.3 Å². The molecule has 1 aliphatic heterocycles. The summed E-state index contributed by atoms with van der Waals surface area (Å²) in [7, 11) is 0. The van der Waals surface area contributed by atoms with Crippen molar-refractivity contribution in [3.05, 3.63) is 127 Å². The van der Waals surface area contributed by atoms with Crippen molar-refractivity contribution in [1.82, 2.24) is 0 Å². The first-order chi connectivity index (χ1) is 25.7. The maximum Gasteiger partial charge on any atom is 2.00 e. The molecule has 55 heavy (non-hydrogen) atoms. The van der Waals surface area contributed by atoms with E-state index in [-0.39, 0.29) is 31.3 Å². The first-order valence-corrected chi connectivity index (χ1v) is 22.1. The van der Waals surface area contributed by atoms with Gasteiger partial charge in [0.1, 0.15) is 0 Å². The van der Waals surface area contributed by atoms with Gasteiger partial charge in [0, 0.05) is 22.8 Å². The molecule has 2 nitrogen and oxygen atoms in total. The molecule has 0 saturated heterocycles. The molecule has 1 aliphatic rings. The van der Waals surface area contributed by atoms with Crippen LogP contribution in [-0.2, 0) is 29.3 Å². The van der Waals surface area contributed by atoms with Gasteiger partial charge in [0.2, 0.25) is 11.4 Å². The Morgan fingerprint density at radius 2 is 0.836 bits per heavy atom. The molecule has 2 aromatic carbocycles. The van der Waals surface area contributed by atoms with Gasteiger partial charge >= 0.3 is 16.5 Å². The second-order valence-electron chi connectivity index (χ2n) is 15.4. The second-order valence-corrected chi connectivity index (χ2v) is 15.4. The van der Waals surface area contributed by atoms with Crippen LogP contribution in [0.3, 0.4) is 0 Å². The second kappa shape index (κ2) is 34.7. The Hall–Kier alpha value is -2.51. The molecule has 0 saturated carbocycles. The molecule has 2 aromatic rings. The molecule has 0 bridgehead atoms. The van der Waals surface area contributed by atoms with Crippen LogP contribution in [0.4, 0.5) is 0 Å². The molecule has 0 radical (unpaired) electrons. The van der Waals surface area contributed by atoms with Gasteiger partial charge in [-0.2, -0.15) is 0 Å². The van der Waals surface area contributed by atoms with E-state index < -0.39 is 0 Å². The van der Waals surface area contributed by atoms with Crippen LogP contribution >= 0.6 is 0 Å². The molecule has 0 N–H and O–H groups in total. The fourth-order valence-electron chi connectivity index (χ4n) is 7.64. The fourth-order valence-corrected chi connectivity index (χ4v) is 7.64. The Balaban J connectivity index is 0.00000972. The van der Waals surface area contributed by atoms with Gasteiger partial charge in [-0.25, -0.2) is 4.70 Å². The Morgan fingerprint density at radius 3 is 1.31 bits per heavy atom. The van der Waals surface area contributed by atoms with E-state index in [9.17, 15) is 5.53 Å². The van der Waals surface area contributed by atoms with Crippen LogP contribution in [0.5, 0.6) is 0 Å². The predicted octanol–water partition coefficient (Wildman–Crippen LogP) is 17.4. The van der Waals surface area contributed by atoms with Gasteiger partial charge in [-0.1, -0.05) is 191 Å². The average molecular weight is 794 g/mol. The van der Waals surface area contributed by atoms with Crippen molar-refractivity contribution in [3.63, 3.8) is 0 Å². The molecule has 0 amide bonds. The van der Waals surface area contributed by atoms with Crippen LogP contribution in [0, 0.1) is 14.9 Å². The maximum absolute atomic E-state index is 11.9. The molecule has 3 heteroatoms. The quantitative estimate of drug-likeness (QED) is 0.0239. The zero-order valence-electron chi connectivity index (χ0n) is 36.3. The van der Waals surface area contributed by atoms with Crippen LogP contribution < -0.4 is 0 Å². The van der Waals surface area contributed by atoms with E-state index in [0.29, 0.717) is 0 Å². The standard InChI is InChI=1S/C50H76N2.2CH3.Ni/c1-4-7-10-12-14-16-18-20-22-24-26-28-30-37-44-39-32-34-41-47(44)49-43-46(36-9-6-3)50(52(49)51)48-42-35-33-40-45(48)38-31-29-27-25-23-21-19-17-15-13-11-8-5-2;;;/h26-29,32-35,39-43H,4-25,30-31,36-38H2,1-3H3;2*1H3;/q;2*-1;+2. The fraction of sp³-hybridized carbons (Fsp3) is 0.577. The normalized spacial score (nSPS) is 12.6. The number of aryl methyl sites for hydroxylation is 2. The summed E-state index contributed by atoms with van der Waals surface area (Å²) in [5.41, 5.74) is 20.0. The molecule has 0 atom stereocenters. The molecule has 3 rings (SSSR count). The van der Waals surface area contributed by atoms with Gasteiger partial charge in [0.05, 0.1) is 0 Å². The minimum absolute atomic E-state index is 0. The summed E-state index contributed by atoms with van der Waals surface area (Å²) in [5.74, 6) is 0. The van der Waals surface area contributed by atoms with E-state index >= 15 is 0 Å². The van der Waals surface area contributed by atoms with Gasteiger partial charge in [-0.15, -0.1) is 0 Å². The number of hydrogen-bond acceptors (Lipinski definition) is 0. The van der Waals surface area contributed by atoms with Crippen LogP contribution in [0.25, 0.3) is 16.9 Å². The minimum Gasteiger partial charge on any atom is -0.493 e. The van der Waals surface area contributed by atoms with E-state index in [4.69, 9.17) is 0 Å². The molecule has 0 aromatic heterocycles. The van der Waals surface area contributed by atoms with Crippen molar-refractivity contribution in [2.45, 2.75) is 194 Å². The zero-order chi connectivity index (χ0) is 36.9. The van der Waals surface area contributed by atoms with E-state index in [1.165, 1.54) is 155 Å². The molecule has 1 heterocycles. The number of rotatable bonds is 31. The largest absolute Gasteiger partial charge is 2.00 e. The summed E-state index contributed by atoms with van der Waals surface area (Å²) >= 11 is 0. The molecular formula is C52H82N2Ni. The van der Waals surface area contributed by atoms with Crippen molar-refractivity contribution in [1.29, 1.82) is 0 Å². The number of allylic oxidation sites excluding steroid dienone is 6. The Bertz CT molecular complexity index is 1380. The maximum atomic E-state index is 11.9. The molecule has 0 unspecified atom stereocenters. The third-order valence-electron chi connectivity index (χ3n) is 10.9. The minimum atomic E-state index is 0. The van der Waals surface area contributed by atoms with Crippen LogP contribution in [-0.4, -0.2) is 4.70 Å². The van der Waals surface area contributed by atoms with E-state index in [0.717, 1.165) is 61.9 Å². The molecule has 310 valence electrons. The first-order valence-electron chi connectivity index (χ1n) is 22.1. The smallest absolute Gasteiger partial charge is 0.493 e. The van der Waals surface area contributed by atoms with Gasteiger partial charge in [-0.05, 0) is 87.5 Å². The third kappa shape index (κ3) is 21.0. The molecule has 0 fully saturated rings. The summed E-state index contributed by atoms with van der Waals surface area (Å²) < 4.78 is 1.52. The number of benzene rings is 2. The van der Waals surface area contributed by atoms with E-state index in [1.54, 1.807) is 0 Å². The third-order valence-corrected chi connectivity index (χ3v) is 10.9. The van der Waals surface area contributed by atoms with Gasteiger partial charge < -0.3 is 20.4 Å². The first kappa shape index (κ1) is 52.5. The zero-order valence-corrected chi connectivity index (χ0v) is 37.3. The average Bonchev–Trinajstić information content (AvgIpc) is 3.49. The van der Waals surface area contributed by atoms with Gasteiger partial charge in [0.15, 0.2) is 0 Å². The summed E-state index contributed by atoms with van der Waals surface area (Å²) in [6, 6.07) is 17.5. The predicted molar refractivity (Wildman–Crippen MR) is 242 cm³/mol. The Morgan fingerprint density at radius 1 is 0.455 bits per heavy atom. The number of nitrogens with zero attached hydrogens (tertiary/aromatic N) is 2. The monoisotopic (exact) mass is 793 g/mol. The SMILES string of the molecule is CCCCCCCCCCCC=CCCc1ccccc1C1=CC(CCCC)=C(c2ccccc2CCC=CCCCCCCCCCCC)[N+]1=[N-].[CH3-].[CH3-].[Ni+2]. The Labute approximate surface area is 352 Å². The van der Waals surface area contributed by atoms with Gasteiger partial charge in [0.25, 0.3) is 0 Å². The summed E-state index contributed by atoms with van der Waals surface area (Å²) in [5, 5.41) is 0. The van der Waals surface area contributed by atoms with Crippen LogP contribution in [0.1, 0.15) is 204 Å². The van der Waals surface area contributed by atoms with Crippen molar-refractivity contribution in [3.8, 4) is 0 Å². The van der Waals surface area contributed by atoms with Crippen molar-refractivity contribution in [2.24, 2.45) is 0 Å². The van der Waals surface area contributed by atoms with Crippen molar-refractivity contribution in [2.75, 3.05) is 0 Å². The van der Waals surface area contributed by atoms with Crippen LogP contribution in [0.15, 0.2) is 84.5 Å². The van der Waals surface area contributed by atoms with Crippen molar-refractivity contribution < 1.29 is 21.2 Å². The van der Waals surface area contributed by atoms with Gasteiger partial charge in [-0.3, -0.25) is 0 Å². The van der Waals surface area contributed by atoms with Crippen molar-refractivity contribution >= 4 is 11.4 Å². The number of unbranched alkanes of at least 4 members (excludes halogenated alkanes) is 19. The molecule has 0 spiro atoms. The molecular weight excluding hydrogens is 711 g/mol. The molecule has 0 aliphatic carbocycles. The summed E-state index contributed by atoms with van der Waals surface area (Å²) in [6.07, 6.45) is 46.3. The summed E-state index contributed by atoms with van der Waals surface area (Å²) in [6.45, 7) is 6.84.